The van der Waals surface area contributed by atoms with E-state index in [0.29, 0.717) is 5.92 Å². The zero-order valence-electron chi connectivity index (χ0n) is 17.6. The molecule has 31 heavy (non-hydrogen) atoms. The largest absolute Gasteiger partial charge is 0.308 e. The van der Waals surface area contributed by atoms with Gasteiger partial charge in [0.25, 0.3) is 0 Å². The number of nitrogens with zero attached hydrogens (tertiary/aromatic N) is 1. The fourth-order valence-electron chi connectivity index (χ4n) is 5.62. The average molecular weight is 419 g/mol. The molecule has 2 nitrogen and oxygen atoms in total. The van der Waals surface area contributed by atoms with Crippen molar-refractivity contribution in [1.29, 1.82) is 0 Å². The van der Waals surface area contributed by atoms with Gasteiger partial charge in [-0.3, -0.25) is 4.90 Å². The Labute approximate surface area is 182 Å². The second-order valence-electron chi connectivity index (χ2n) is 8.77. The van der Waals surface area contributed by atoms with Gasteiger partial charge in [0.05, 0.1) is 0 Å². The van der Waals surface area contributed by atoms with Crippen LogP contribution in [0.5, 0.6) is 0 Å². The Hall–Kier alpha value is -2.56. The normalized spacial score (nSPS) is 25.1. The highest BCUT2D eigenvalue weighted by molar-refractivity contribution is 5.36. The minimum Gasteiger partial charge on any atom is -0.308 e. The van der Waals surface area contributed by atoms with Gasteiger partial charge in [-0.2, -0.15) is 0 Å². The van der Waals surface area contributed by atoms with Crippen LogP contribution in [0.4, 0.5) is 8.78 Å². The Morgan fingerprint density at radius 1 is 0.774 bits per heavy atom. The van der Waals surface area contributed by atoms with E-state index in [2.05, 4.69) is 70.9 Å². The standard InChI is InChI=1S/C27H28F2N2/c28-23-12-7-13-24(29)22(23)18-30-26-21-14-16-31(17-15-21)27(26)25(19-8-3-1-4-9-19)20-10-5-2-6-11-20/h1-13,21,25-27,30H,14-18H2/t26-,27+/m1/s1. The summed E-state index contributed by atoms with van der Waals surface area (Å²) in [5, 5.41) is 3.60. The van der Waals surface area contributed by atoms with E-state index >= 15 is 0 Å². The molecule has 3 saturated heterocycles. The maximum absolute atomic E-state index is 14.3. The van der Waals surface area contributed by atoms with Gasteiger partial charge in [0, 0.05) is 30.1 Å². The highest BCUT2D eigenvalue weighted by Crippen LogP contribution is 2.42. The van der Waals surface area contributed by atoms with Gasteiger partial charge in [-0.05, 0) is 55.1 Å². The number of hydrogen-bond donors (Lipinski definition) is 1. The summed E-state index contributed by atoms with van der Waals surface area (Å²) < 4.78 is 28.6. The molecular formula is C27H28F2N2. The van der Waals surface area contributed by atoms with Crippen molar-refractivity contribution in [2.45, 2.75) is 37.4 Å². The summed E-state index contributed by atoms with van der Waals surface area (Å²) in [6, 6.07) is 25.8. The Balaban J connectivity index is 1.51. The summed E-state index contributed by atoms with van der Waals surface area (Å²) in [7, 11) is 0. The molecule has 0 amide bonds. The summed E-state index contributed by atoms with van der Waals surface area (Å²) >= 11 is 0. The van der Waals surface area contributed by atoms with Gasteiger partial charge in [0.15, 0.2) is 0 Å². The zero-order valence-corrected chi connectivity index (χ0v) is 17.6. The molecule has 1 N–H and O–H groups in total. The Morgan fingerprint density at radius 3 is 1.87 bits per heavy atom. The van der Waals surface area contributed by atoms with E-state index in [1.165, 1.54) is 29.3 Å². The maximum Gasteiger partial charge on any atom is 0.130 e. The summed E-state index contributed by atoms with van der Waals surface area (Å²) in [6.07, 6.45) is 2.26. The van der Waals surface area contributed by atoms with Gasteiger partial charge in [-0.15, -0.1) is 0 Å². The quantitative estimate of drug-likeness (QED) is 0.581. The average Bonchev–Trinajstić information content (AvgIpc) is 2.82. The summed E-state index contributed by atoms with van der Waals surface area (Å²) in [4.78, 5) is 2.58. The number of piperidine rings is 3. The Kier molecular flexibility index (Phi) is 5.84. The number of nitrogens with one attached hydrogen (secondary N) is 1. The molecule has 0 aromatic heterocycles. The second-order valence-corrected chi connectivity index (χ2v) is 8.77. The van der Waals surface area contributed by atoms with Crippen molar-refractivity contribution < 1.29 is 8.78 Å². The van der Waals surface area contributed by atoms with Crippen LogP contribution in [0.2, 0.25) is 0 Å². The number of fused-ring (bicyclic) bond motifs is 3. The van der Waals surface area contributed by atoms with Crippen LogP contribution >= 0.6 is 0 Å². The third-order valence-corrected chi connectivity index (χ3v) is 7.11. The van der Waals surface area contributed by atoms with E-state index < -0.39 is 11.6 Å². The molecule has 0 aliphatic carbocycles. The van der Waals surface area contributed by atoms with Crippen LogP contribution in [0, 0.1) is 17.6 Å². The molecule has 3 aliphatic heterocycles. The molecule has 0 radical (unpaired) electrons. The van der Waals surface area contributed by atoms with Crippen molar-refractivity contribution in [2.75, 3.05) is 13.1 Å². The molecule has 3 aromatic carbocycles. The topological polar surface area (TPSA) is 15.3 Å². The van der Waals surface area contributed by atoms with E-state index in [4.69, 9.17) is 0 Å². The first kappa shape index (κ1) is 20.3. The van der Waals surface area contributed by atoms with Crippen LogP contribution in [-0.4, -0.2) is 30.1 Å². The van der Waals surface area contributed by atoms with Crippen LogP contribution in [0.1, 0.15) is 35.4 Å². The molecular weight excluding hydrogens is 390 g/mol. The predicted octanol–water partition coefficient (Wildman–Crippen LogP) is 5.35. The molecule has 3 aliphatic rings. The molecule has 2 bridgehead atoms. The molecule has 160 valence electrons. The number of halogens is 2. The van der Waals surface area contributed by atoms with E-state index in [1.807, 2.05) is 0 Å². The van der Waals surface area contributed by atoms with Crippen LogP contribution < -0.4 is 5.32 Å². The van der Waals surface area contributed by atoms with Gasteiger partial charge in [-0.25, -0.2) is 8.78 Å². The van der Waals surface area contributed by atoms with Crippen LogP contribution in [0.25, 0.3) is 0 Å². The highest BCUT2D eigenvalue weighted by Gasteiger charge is 2.46. The Morgan fingerprint density at radius 2 is 1.32 bits per heavy atom. The monoisotopic (exact) mass is 418 g/mol. The molecule has 2 atom stereocenters. The molecule has 6 rings (SSSR count). The molecule has 0 saturated carbocycles. The first-order chi connectivity index (χ1) is 15.2. The minimum absolute atomic E-state index is 0.133. The van der Waals surface area contributed by atoms with Crippen LogP contribution in [0.15, 0.2) is 78.9 Å². The third kappa shape index (κ3) is 4.02. The third-order valence-electron chi connectivity index (χ3n) is 7.11. The van der Waals surface area contributed by atoms with E-state index in [1.54, 1.807) is 0 Å². The van der Waals surface area contributed by atoms with Crippen LogP contribution in [0.3, 0.4) is 0 Å². The summed E-state index contributed by atoms with van der Waals surface area (Å²) in [5.74, 6) is -0.241. The van der Waals surface area contributed by atoms with Gasteiger partial charge in [-0.1, -0.05) is 66.7 Å². The lowest BCUT2D eigenvalue weighted by atomic mass is 9.70. The number of benzene rings is 3. The van der Waals surface area contributed by atoms with Crippen molar-refractivity contribution >= 4 is 0 Å². The Bertz CT molecular complexity index is 941. The van der Waals surface area contributed by atoms with E-state index in [-0.39, 0.29) is 30.1 Å². The lowest BCUT2D eigenvalue weighted by Gasteiger charge is -2.54. The van der Waals surface area contributed by atoms with Gasteiger partial charge in [0.2, 0.25) is 0 Å². The lowest BCUT2D eigenvalue weighted by molar-refractivity contribution is 0.00448. The maximum atomic E-state index is 14.3. The number of hydrogen-bond acceptors (Lipinski definition) is 2. The highest BCUT2D eigenvalue weighted by atomic mass is 19.1. The van der Waals surface area contributed by atoms with Crippen molar-refractivity contribution in [2.24, 2.45) is 5.92 Å². The van der Waals surface area contributed by atoms with Crippen LogP contribution in [-0.2, 0) is 6.54 Å². The molecule has 3 fully saturated rings. The molecule has 0 spiro atoms. The fourth-order valence-corrected chi connectivity index (χ4v) is 5.62. The zero-order chi connectivity index (χ0) is 21.2. The number of rotatable bonds is 6. The van der Waals surface area contributed by atoms with Crippen molar-refractivity contribution in [3.05, 3.63) is 107 Å². The van der Waals surface area contributed by atoms with Crippen molar-refractivity contribution in [3.8, 4) is 0 Å². The summed E-state index contributed by atoms with van der Waals surface area (Å²) in [5.41, 5.74) is 2.71. The van der Waals surface area contributed by atoms with E-state index in [9.17, 15) is 8.78 Å². The predicted molar refractivity (Wildman–Crippen MR) is 120 cm³/mol. The van der Waals surface area contributed by atoms with Crippen molar-refractivity contribution in [3.63, 3.8) is 0 Å². The second kappa shape index (κ2) is 8.89. The van der Waals surface area contributed by atoms with Gasteiger partial charge < -0.3 is 5.32 Å². The molecule has 4 heteroatoms. The minimum atomic E-state index is -0.479. The molecule has 0 unspecified atom stereocenters. The lowest BCUT2D eigenvalue weighted by Crippen LogP contribution is -2.64. The van der Waals surface area contributed by atoms with Gasteiger partial charge in [0.1, 0.15) is 11.6 Å². The fraction of sp³-hybridized carbons (Fsp3) is 0.333. The van der Waals surface area contributed by atoms with E-state index in [0.717, 1.165) is 25.9 Å². The smallest absolute Gasteiger partial charge is 0.130 e. The van der Waals surface area contributed by atoms with Crippen molar-refractivity contribution in [1.82, 2.24) is 10.2 Å². The first-order valence-electron chi connectivity index (χ1n) is 11.2. The molecule has 3 heterocycles. The first-order valence-corrected chi connectivity index (χ1v) is 11.2. The summed E-state index contributed by atoms with van der Waals surface area (Å²) in [6.45, 7) is 2.37. The SMILES string of the molecule is Fc1cccc(F)c1CN[C@@H]1C2CCN(CC2)[C@H]1C(c1ccccc1)c1ccccc1. The van der Waals surface area contributed by atoms with Gasteiger partial charge >= 0.3 is 0 Å². The molecule has 3 aromatic rings.